The van der Waals surface area contributed by atoms with Gasteiger partial charge in [-0.1, -0.05) is 17.3 Å². The van der Waals surface area contributed by atoms with E-state index >= 15 is 0 Å². The van der Waals surface area contributed by atoms with Gasteiger partial charge in [0.2, 0.25) is 5.91 Å². The van der Waals surface area contributed by atoms with Crippen molar-refractivity contribution in [2.75, 3.05) is 5.32 Å². The number of aromatic nitrogens is 4. The number of rotatable bonds is 3. The maximum Gasteiger partial charge on any atom is 0.307 e. The number of amides is 1. The van der Waals surface area contributed by atoms with Crippen LogP contribution in [0.15, 0.2) is 12.2 Å². The molecular formula is C9H11N5O3. The zero-order valence-corrected chi connectivity index (χ0v) is 8.83. The second kappa shape index (κ2) is 4.73. The van der Waals surface area contributed by atoms with Gasteiger partial charge in [0.05, 0.1) is 11.8 Å². The van der Waals surface area contributed by atoms with E-state index < -0.39 is 23.7 Å². The van der Waals surface area contributed by atoms with Crippen molar-refractivity contribution < 1.29 is 14.7 Å². The molecule has 17 heavy (non-hydrogen) atoms. The van der Waals surface area contributed by atoms with Gasteiger partial charge in [0.1, 0.15) is 0 Å². The summed E-state index contributed by atoms with van der Waals surface area (Å²) in [4.78, 5) is 22.9. The lowest BCUT2D eigenvalue weighted by molar-refractivity contribution is -0.146. The Morgan fingerprint density at radius 2 is 2.06 bits per heavy atom. The first-order valence-corrected chi connectivity index (χ1v) is 5.10. The number of aromatic amines is 1. The molecule has 2 rings (SSSR count). The molecule has 8 heteroatoms. The Morgan fingerprint density at radius 1 is 1.35 bits per heavy atom. The third kappa shape index (κ3) is 2.47. The maximum atomic E-state index is 11.9. The fourth-order valence-electron chi connectivity index (χ4n) is 1.79. The number of hydrogen-bond acceptors (Lipinski definition) is 5. The van der Waals surface area contributed by atoms with Crippen LogP contribution in [0.3, 0.4) is 0 Å². The Bertz CT molecular complexity index is 441. The molecule has 1 aromatic heterocycles. The highest BCUT2D eigenvalue weighted by Crippen LogP contribution is 2.26. The summed E-state index contributed by atoms with van der Waals surface area (Å²) >= 11 is 0. The van der Waals surface area contributed by atoms with E-state index in [0.717, 1.165) is 0 Å². The fourth-order valence-corrected chi connectivity index (χ4v) is 1.79. The summed E-state index contributed by atoms with van der Waals surface area (Å²) in [5, 5.41) is 24.1. The summed E-state index contributed by atoms with van der Waals surface area (Å²) in [5.41, 5.74) is 0. The highest BCUT2D eigenvalue weighted by molar-refractivity contribution is 5.94. The maximum absolute atomic E-state index is 11.9. The lowest BCUT2D eigenvalue weighted by Gasteiger charge is -2.23. The van der Waals surface area contributed by atoms with E-state index in [0.29, 0.717) is 12.8 Å². The quantitative estimate of drug-likeness (QED) is 0.626. The van der Waals surface area contributed by atoms with Gasteiger partial charge in [-0.3, -0.25) is 14.9 Å². The van der Waals surface area contributed by atoms with Gasteiger partial charge in [-0.15, -0.1) is 5.10 Å². The Kier molecular flexibility index (Phi) is 3.12. The van der Waals surface area contributed by atoms with E-state index in [1.807, 2.05) is 0 Å². The van der Waals surface area contributed by atoms with Gasteiger partial charge in [0, 0.05) is 0 Å². The molecular weight excluding hydrogens is 226 g/mol. The number of tetrazole rings is 1. The molecule has 0 spiro atoms. The zero-order valence-electron chi connectivity index (χ0n) is 8.83. The topological polar surface area (TPSA) is 121 Å². The standard InChI is InChI=1S/C9H11N5O3/c15-7(10-9-11-13-14-12-9)5-3-1-2-4-6(5)8(16)17/h1-2,5-6H,3-4H2,(H,16,17)(H2,10,11,12,13,14,15)/t5-,6+/m0/s1. The molecule has 90 valence electrons. The molecule has 2 atom stereocenters. The average molecular weight is 237 g/mol. The van der Waals surface area contributed by atoms with Gasteiger partial charge < -0.3 is 5.11 Å². The molecule has 3 N–H and O–H groups in total. The minimum atomic E-state index is -0.970. The van der Waals surface area contributed by atoms with Crippen molar-refractivity contribution in [3.63, 3.8) is 0 Å². The van der Waals surface area contributed by atoms with Crippen LogP contribution in [-0.2, 0) is 9.59 Å². The first-order chi connectivity index (χ1) is 8.18. The number of carbonyl (C=O) groups is 2. The minimum Gasteiger partial charge on any atom is -0.481 e. The van der Waals surface area contributed by atoms with Crippen LogP contribution in [0, 0.1) is 11.8 Å². The Balaban J connectivity index is 2.07. The molecule has 0 bridgehead atoms. The van der Waals surface area contributed by atoms with E-state index in [-0.39, 0.29) is 5.95 Å². The van der Waals surface area contributed by atoms with Crippen LogP contribution in [0.25, 0.3) is 0 Å². The smallest absolute Gasteiger partial charge is 0.307 e. The first-order valence-electron chi connectivity index (χ1n) is 5.10. The van der Waals surface area contributed by atoms with Crippen molar-refractivity contribution in [1.29, 1.82) is 0 Å². The lowest BCUT2D eigenvalue weighted by atomic mass is 9.82. The summed E-state index contributed by atoms with van der Waals surface area (Å²) in [6.45, 7) is 0. The van der Waals surface area contributed by atoms with Crippen LogP contribution >= 0.6 is 0 Å². The number of aliphatic carboxylic acids is 1. The average Bonchev–Trinajstić information content (AvgIpc) is 2.81. The monoisotopic (exact) mass is 237 g/mol. The van der Waals surface area contributed by atoms with Crippen molar-refractivity contribution in [3.05, 3.63) is 12.2 Å². The number of anilines is 1. The van der Waals surface area contributed by atoms with E-state index in [1.54, 1.807) is 12.2 Å². The second-order valence-corrected chi connectivity index (χ2v) is 3.72. The normalized spacial score (nSPS) is 23.3. The summed E-state index contributed by atoms with van der Waals surface area (Å²) in [6.07, 6.45) is 4.34. The Hall–Kier alpha value is -2.25. The molecule has 1 amide bonds. The highest BCUT2D eigenvalue weighted by Gasteiger charge is 2.34. The molecule has 1 heterocycles. The van der Waals surface area contributed by atoms with Crippen molar-refractivity contribution in [2.45, 2.75) is 12.8 Å². The van der Waals surface area contributed by atoms with Crippen molar-refractivity contribution in [2.24, 2.45) is 11.8 Å². The molecule has 8 nitrogen and oxygen atoms in total. The van der Waals surface area contributed by atoms with Crippen LogP contribution < -0.4 is 5.32 Å². The molecule has 0 radical (unpaired) electrons. The van der Waals surface area contributed by atoms with E-state index in [2.05, 4.69) is 25.9 Å². The predicted molar refractivity (Wildman–Crippen MR) is 55.8 cm³/mol. The molecule has 0 saturated carbocycles. The van der Waals surface area contributed by atoms with E-state index in [9.17, 15) is 9.59 Å². The molecule has 0 aromatic carbocycles. The van der Waals surface area contributed by atoms with Gasteiger partial charge in [0.15, 0.2) is 0 Å². The third-order valence-electron chi connectivity index (χ3n) is 2.67. The van der Waals surface area contributed by atoms with E-state index in [1.165, 1.54) is 0 Å². The van der Waals surface area contributed by atoms with Crippen LogP contribution in [-0.4, -0.2) is 37.6 Å². The largest absolute Gasteiger partial charge is 0.481 e. The van der Waals surface area contributed by atoms with E-state index in [4.69, 9.17) is 5.11 Å². The fraction of sp³-hybridized carbons (Fsp3) is 0.444. The zero-order chi connectivity index (χ0) is 12.3. The molecule has 1 aliphatic carbocycles. The number of H-pyrrole nitrogens is 1. The molecule has 0 saturated heterocycles. The third-order valence-corrected chi connectivity index (χ3v) is 2.67. The second-order valence-electron chi connectivity index (χ2n) is 3.72. The lowest BCUT2D eigenvalue weighted by Crippen LogP contribution is -2.35. The number of allylic oxidation sites excluding steroid dienone is 2. The molecule has 1 aromatic rings. The van der Waals surface area contributed by atoms with Crippen LogP contribution in [0.1, 0.15) is 12.8 Å². The Morgan fingerprint density at radius 3 is 2.65 bits per heavy atom. The summed E-state index contributed by atoms with van der Waals surface area (Å²) in [5.74, 6) is -2.62. The van der Waals surface area contributed by atoms with Crippen molar-refractivity contribution in [3.8, 4) is 0 Å². The summed E-state index contributed by atoms with van der Waals surface area (Å²) < 4.78 is 0. The van der Waals surface area contributed by atoms with Gasteiger partial charge in [0.25, 0.3) is 5.95 Å². The minimum absolute atomic E-state index is 0.0497. The Labute approximate surface area is 96.1 Å². The number of nitrogens with zero attached hydrogens (tertiary/aromatic N) is 3. The van der Waals surface area contributed by atoms with Crippen LogP contribution in [0.4, 0.5) is 5.95 Å². The summed E-state index contributed by atoms with van der Waals surface area (Å²) in [7, 11) is 0. The van der Waals surface area contributed by atoms with Gasteiger partial charge in [-0.25, -0.2) is 0 Å². The number of hydrogen-bond donors (Lipinski definition) is 3. The summed E-state index contributed by atoms with van der Waals surface area (Å²) in [6, 6.07) is 0. The van der Waals surface area contributed by atoms with Crippen molar-refractivity contribution >= 4 is 17.8 Å². The van der Waals surface area contributed by atoms with Gasteiger partial charge >= 0.3 is 5.97 Å². The number of carboxylic acids is 1. The molecule has 0 unspecified atom stereocenters. The van der Waals surface area contributed by atoms with Gasteiger partial charge in [-0.2, -0.15) is 5.21 Å². The molecule has 0 aliphatic heterocycles. The first kappa shape index (κ1) is 11.2. The molecule has 0 fully saturated rings. The highest BCUT2D eigenvalue weighted by atomic mass is 16.4. The number of carbonyl (C=O) groups excluding carboxylic acids is 1. The molecule has 1 aliphatic rings. The number of carboxylic acid groups (broad SMARTS) is 1. The van der Waals surface area contributed by atoms with Crippen LogP contribution in [0.2, 0.25) is 0 Å². The van der Waals surface area contributed by atoms with Crippen molar-refractivity contribution in [1.82, 2.24) is 20.6 Å². The SMILES string of the molecule is O=C(Nc1nn[nH]n1)[C@H]1CC=CC[C@H]1C(=O)O. The number of nitrogens with one attached hydrogen (secondary N) is 2. The van der Waals surface area contributed by atoms with Gasteiger partial charge in [-0.05, 0) is 18.1 Å². The predicted octanol–water partition coefficient (Wildman–Crippen LogP) is -0.195. The van der Waals surface area contributed by atoms with Crippen LogP contribution in [0.5, 0.6) is 0 Å².